The van der Waals surface area contributed by atoms with Crippen LogP contribution in [0.4, 0.5) is 0 Å². The number of Topliss-reactive ketones (excluding diaryl/α,β-unsaturated/α-hetero) is 2. The van der Waals surface area contributed by atoms with E-state index >= 15 is 0 Å². The van der Waals surface area contributed by atoms with Crippen molar-refractivity contribution in [2.45, 2.75) is 64.4 Å². The fourth-order valence-electron chi connectivity index (χ4n) is 3.59. The number of ketones is 2. The molecule has 1 aliphatic carbocycles. The van der Waals surface area contributed by atoms with Crippen LogP contribution in [0.2, 0.25) is 0 Å². The highest BCUT2D eigenvalue weighted by Crippen LogP contribution is 2.45. The highest BCUT2D eigenvalue weighted by Gasteiger charge is 2.56. The first-order valence-electron chi connectivity index (χ1n) is 7.35. The summed E-state index contributed by atoms with van der Waals surface area (Å²) in [5.74, 6) is -2.52. The first-order valence-corrected chi connectivity index (χ1v) is 7.35. The van der Waals surface area contributed by atoms with Crippen LogP contribution < -0.4 is 0 Å². The molecule has 0 amide bonds. The minimum Gasteiger partial charge on any atom is -0.457 e. The molecule has 4 heteroatoms. The molecule has 2 rings (SSSR count). The van der Waals surface area contributed by atoms with E-state index < -0.39 is 17.5 Å². The second kappa shape index (κ2) is 5.43. The minimum absolute atomic E-state index is 0.195. The van der Waals surface area contributed by atoms with E-state index in [9.17, 15) is 14.4 Å². The van der Waals surface area contributed by atoms with Gasteiger partial charge in [0.1, 0.15) is 5.60 Å². The Kier molecular flexibility index (Phi) is 4.07. The van der Waals surface area contributed by atoms with Crippen molar-refractivity contribution in [1.82, 2.24) is 0 Å². The molecule has 4 nitrogen and oxygen atoms in total. The summed E-state index contributed by atoms with van der Waals surface area (Å²) in [6, 6.07) is 0. The predicted molar refractivity (Wildman–Crippen MR) is 69.5 cm³/mol. The van der Waals surface area contributed by atoms with E-state index in [1.165, 1.54) is 0 Å². The van der Waals surface area contributed by atoms with E-state index in [0.29, 0.717) is 12.8 Å². The molecule has 0 aromatic carbocycles. The van der Waals surface area contributed by atoms with E-state index in [-0.39, 0.29) is 23.9 Å². The standard InChI is InChI=1S/C15H22O4/c1-3-7-11(16)12-13(17)10(4-2)15(19-14(12)18)8-5-6-9-15/h10,12H,3-9H2,1-2H3. The summed E-state index contributed by atoms with van der Waals surface area (Å²) in [5.41, 5.74) is -0.605. The van der Waals surface area contributed by atoms with Gasteiger partial charge in [-0.1, -0.05) is 13.8 Å². The largest absolute Gasteiger partial charge is 0.457 e. The van der Waals surface area contributed by atoms with Crippen LogP contribution in [0, 0.1) is 11.8 Å². The van der Waals surface area contributed by atoms with Crippen LogP contribution in [0.3, 0.4) is 0 Å². The topological polar surface area (TPSA) is 60.4 Å². The molecule has 1 heterocycles. The molecule has 1 aliphatic heterocycles. The van der Waals surface area contributed by atoms with Gasteiger partial charge in [-0.2, -0.15) is 0 Å². The van der Waals surface area contributed by atoms with Crippen LogP contribution in [-0.4, -0.2) is 23.1 Å². The van der Waals surface area contributed by atoms with Crippen molar-refractivity contribution in [2.24, 2.45) is 11.8 Å². The van der Waals surface area contributed by atoms with Crippen molar-refractivity contribution in [3.8, 4) is 0 Å². The van der Waals surface area contributed by atoms with Crippen molar-refractivity contribution in [3.63, 3.8) is 0 Å². The zero-order valence-electron chi connectivity index (χ0n) is 11.7. The Morgan fingerprint density at radius 2 is 1.89 bits per heavy atom. The fourth-order valence-corrected chi connectivity index (χ4v) is 3.59. The number of hydrogen-bond acceptors (Lipinski definition) is 4. The van der Waals surface area contributed by atoms with Crippen molar-refractivity contribution in [2.75, 3.05) is 0 Å². The molecule has 0 N–H and O–H groups in total. The first kappa shape index (κ1) is 14.2. The third kappa shape index (κ3) is 2.33. The minimum atomic E-state index is -1.16. The van der Waals surface area contributed by atoms with E-state index in [2.05, 4.69) is 0 Å². The molecule has 0 aromatic rings. The maximum Gasteiger partial charge on any atom is 0.324 e. The van der Waals surface area contributed by atoms with Gasteiger partial charge in [0.25, 0.3) is 0 Å². The lowest BCUT2D eigenvalue weighted by molar-refractivity contribution is -0.186. The Hall–Kier alpha value is -1.19. The van der Waals surface area contributed by atoms with Crippen molar-refractivity contribution in [3.05, 3.63) is 0 Å². The molecular weight excluding hydrogens is 244 g/mol. The average Bonchev–Trinajstić information content (AvgIpc) is 2.78. The summed E-state index contributed by atoms with van der Waals surface area (Å²) in [5, 5.41) is 0. The van der Waals surface area contributed by atoms with E-state index in [0.717, 1.165) is 25.7 Å². The van der Waals surface area contributed by atoms with Crippen molar-refractivity contribution < 1.29 is 19.1 Å². The predicted octanol–water partition coefficient (Wildman–Crippen LogP) is 2.44. The number of hydrogen-bond donors (Lipinski definition) is 0. The molecule has 0 radical (unpaired) electrons. The lowest BCUT2D eigenvalue weighted by Crippen LogP contribution is -2.55. The summed E-state index contributed by atoms with van der Waals surface area (Å²) in [4.78, 5) is 36.6. The second-order valence-corrected chi connectivity index (χ2v) is 5.71. The van der Waals surface area contributed by atoms with Gasteiger partial charge in [-0.25, -0.2) is 0 Å². The molecule has 1 saturated heterocycles. The maximum atomic E-state index is 12.5. The molecule has 19 heavy (non-hydrogen) atoms. The Bertz CT molecular complexity index is 393. The number of carbonyl (C=O) groups is 3. The molecule has 2 aliphatic rings. The summed E-state index contributed by atoms with van der Waals surface area (Å²) in [6.07, 6.45) is 5.07. The summed E-state index contributed by atoms with van der Waals surface area (Å²) < 4.78 is 5.61. The van der Waals surface area contributed by atoms with E-state index in [1.807, 2.05) is 13.8 Å². The molecule has 0 aromatic heterocycles. The molecule has 0 bridgehead atoms. The van der Waals surface area contributed by atoms with Crippen LogP contribution in [0.15, 0.2) is 0 Å². The van der Waals surface area contributed by atoms with Gasteiger partial charge < -0.3 is 4.74 Å². The molecule has 1 spiro atoms. The van der Waals surface area contributed by atoms with Crippen LogP contribution in [0.1, 0.15) is 58.8 Å². The van der Waals surface area contributed by atoms with Gasteiger partial charge in [-0.05, 0) is 38.5 Å². The Labute approximate surface area is 113 Å². The summed E-state index contributed by atoms with van der Waals surface area (Å²) >= 11 is 0. The Morgan fingerprint density at radius 3 is 2.42 bits per heavy atom. The molecule has 1 saturated carbocycles. The Balaban J connectivity index is 2.26. The van der Waals surface area contributed by atoms with Gasteiger partial charge in [0.15, 0.2) is 17.5 Å². The number of rotatable bonds is 4. The third-order valence-electron chi connectivity index (χ3n) is 4.48. The maximum absolute atomic E-state index is 12.5. The SMILES string of the molecule is CCCC(=O)C1C(=O)OC2(CCCC2)C(CC)C1=O. The second-order valence-electron chi connectivity index (χ2n) is 5.71. The van der Waals surface area contributed by atoms with Crippen LogP contribution in [0.25, 0.3) is 0 Å². The van der Waals surface area contributed by atoms with E-state index in [1.54, 1.807) is 0 Å². The normalized spacial score (nSPS) is 29.6. The van der Waals surface area contributed by atoms with Crippen LogP contribution in [-0.2, 0) is 19.1 Å². The van der Waals surface area contributed by atoms with Gasteiger partial charge in [-0.3, -0.25) is 14.4 Å². The smallest absolute Gasteiger partial charge is 0.324 e. The first-order chi connectivity index (χ1) is 9.05. The molecule has 2 unspecified atom stereocenters. The highest BCUT2D eigenvalue weighted by molar-refractivity contribution is 6.19. The molecule has 2 fully saturated rings. The zero-order valence-corrected chi connectivity index (χ0v) is 11.7. The van der Waals surface area contributed by atoms with Crippen molar-refractivity contribution >= 4 is 17.5 Å². The van der Waals surface area contributed by atoms with Crippen LogP contribution in [0.5, 0.6) is 0 Å². The number of esters is 1. The van der Waals surface area contributed by atoms with Gasteiger partial charge in [0.2, 0.25) is 0 Å². The Morgan fingerprint density at radius 1 is 1.26 bits per heavy atom. The monoisotopic (exact) mass is 266 g/mol. The lowest BCUT2D eigenvalue weighted by atomic mass is 9.73. The number of carbonyl (C=O) groups excluding carboxylic acids is 3. The zero-order chi connectivity index (χ0) is 14.0. The average molecular weight is 266 g/mol. The van der Waals surface area contributed by atoms with Gasteiger partial charge in [-0.15, -0.1) is 0 Å². The quantitative estimate of drug-likeness (QED) is 0.579. The lowest BCUT2D eigenvalue weighted by Gasteiger charge is -2.41. The summed E-state index contributed by atoms with van der Waals surface area (Å²) in [7, 11) is 0. The molecular formula is C15H22O4. The van der Waals surface area contributed by atoms with Crippen molar-refractivity contribution in [1.29, 1.82) is 0 Å². The molecule has 2 atom stereocenters. The fraction of sp³-hybridized carbons (Fsp3) is 0.800. The van der Waals surface area contributed by atoms with Gasteiger partial charge >= 0.3 is 5.97 Å². The van der Waals surface area contributed by atoms with Crippen LogP contribution >= 0.6 is 0 Å². The summed E-state index contributed by atoms with van der Waals surface area (Å²) in [6.45, 7) is 3.80. The third-order valence-corrected chi connectivity index (χ3v) is 4.48. The number of ether oxygens (including phenoxy) is 1. The highest BCUT2D eigenvalue weighted by atomic mass is 16.6. The van der Waals surface area contributed by atoms with E-state index in [4.69, 9.17) is 4.74 Å². The van der Waals surface area contributed by atoms with Gasteiger partial charge in [0, 0.05) is 6.42 Å². The van der Waals surface area contributed by atoms with Gasteiger partial charge in [0.05, 0.1) is 5.92 Å². The molecule has 106 valence electrons.